The van der Waals surface area contributed by atoms with Crippen LogP contribution in [0.15, 0.2) is 60.8 Å². The standard InChI is InChI=1S/C25H23FN6O4S/c1-36-12-11-30-24(34)21(15-4-9-18-14(13-15)3-2-10-29-18)32(17-7-5-16(26)6-8-17)25(35)22-19(27)20(23(28)33)31-37-22/h2-10,13,21H,11-12,27H2,1H3,(H2,28,33)(H,30,34)/t21-/m1/s1. The molecule has 0 fully saturated rings. The van der Waals surface area contributed by atoms with Crippen molar-refractivity contribution in [2.45, 2.75) is 6.04 Å². The first-order chi connectivity index (χ1) is 17.8. The van der Waals surface area contributed by atoms with Crippen LogP contribution in [0.25, 0.3) is 10.9 Å². The van der Waals surface area contributed by atoms with Crippen molar-refractivity contribution in [3.63, 3.8) is 0 Å². The maximum Gasteiger partial charge on any atom is 0.273 e. The van der Waals surface area contributed by atoms with Gasteiger partial charge in [-0.2, -0.15) is 4.37 Å². The first kappa shape index (κ1) is 25.7. The molecule has 0 aliphatic carbocycles. The van der Waals surface area contributed by atoms with Gasteiger partial charge in [-0.15, -0.1) is 0 Å². The molecule has 0 aliphatic rings. The molecule has 37 heavy (non-hydrogen) atoms. The number of ether oxygens (including phenoxy) is 1. The minimum absolute atomic E-state index is 0.0877. The van der Waals surface area contributed by atoms with Crippen molar-refractivity contribution in [1.82, 2.24) is 14.7 Å². The van der Waals surface area contributed by atoms with E-state index in [1.165, 1.54) is 36.3 Å². The second kappa shape index (κ2) is 11.1. The minimum Gasteiger partial charge on any atom is -0.395 e. The topological polar surface area (TPSA) is 154 Å². The number of amides is 3. The quantitative estimate of drug-likeness (QED) is 0.286. The summed E-state index contributed by atoms with van der Waals surface area (Å²) in [7, 11) is 1.50. The molecule has 12 heteroatoms. The zero-order valence-corrected chi connectivity index (χ0v) is 20.5. The zero-order chi connectivity index (χ0) is 26.5. The molecule has 0 bridgehead atoms. The van der Waals surface area contributed by atoms with Crippen LogP contribution in [0.3, 0.4) is 0 Å². The van der Waals surface area contributed by atoms with Gasteiger partial charge in [0.05, 0.1) is 17.8 Å². The fraction of sp³-hybridized carbons (Fsp3) is 0.160. The Kier molecular flexibility index (Phi) is 7.70. The number of hydrogen-bond acceptors (Lipinski definition) is 8. The molecule has 0 unspecified atom stereocenters. The summed E-state index contributed by atoms with van der Waals surface area (Å²) in [5.74, 6) is -2.65. The van der Waals surface area contributed by atoms with Crippen molar-refractivity contribution in [2.75, 3.05) is 30.9 Å². The number of carbonyl (C=O) groups is 3. The number of primary amides is 1. The Hall–Kier alpha value is -4.42. The molecule has 4 aromatic rings. The van der Waals surface area contributed by atoms with Crippen molar-refractivity contribution >= 4 is 51.5 Å². The zero-order valence-electron chi connectivity index (χ0n) is 19.7. The van der Waals surface area contributed by atoms with Gasteiger partial charge in [0.1, 0.15) is 16.7 Å². The molecule has 0 saturated heterocycles. The first-order valence-electron chi connectivity index (χ1n) is 11.1. The summed E-state index contributed by atoms with van der Waals surface area (Å²) in [5, 5.41) is 3.52. The van der Waals surface area contributed by atoms with E-state index in [0.29, 0.717) is 22.6 Å². The Morgan fingerprint density at radius 1 is 1.16 bits per heavy atom. The largest absolute Gasteiger partial charge is 0.395 e. The summed E-state index contributed by atoms with van der Waals surface area (Å²) < 4.78 is 22.8. The summed E-state index contributed by atoms with van der Waals surface area (Å²) in [5.41, 5.74) is 12.3. The number of hydrogen-bond donors (Lipinski definition) is 3. The number of aromatic nitrogens is 2. The van der Waals surface area contributed by atoms with Gasteiger partial charge in [-0.05, 0) is 59.6 Å². The average molecular weight is 523 g/mol. The highest BCUT2D eigenvalue weighted by molar-refractivity contribution is 7.09. The van der Waals surface area contributed by atoms with E-state index in [9.17, 15) is 18.8 Å². The van der Waals surface area contributed by atoms with Crippen LogP contribution in [0.4, 0.5) is 15.8 Å². The van der Waals surface area contributed by atoms with Crippen molar-refractivity contribution in [2.24, 2.45) is 5.73 Å². The molecule has 190 valence electrons. The van der Waals surface area contributed by atoms with Crippen LogP contribution in [0, 0.1) is 5.82 Å². The molecular weight excluding hydrogens is 499 g/mol. The molecule has 0 radical (unpaired) electrons. The monoisotopic (exact) mass is 522 g/mol. The van der Waals surface area contributed by atoms with Crippen LogP contribution in [-0.4, -0.2) is 47.3 Å². The molecule has 3 amide bonds. The first-order valence-corrected chi connectivity index (χ1v) is 11.8. The highest BCUT2D eigenvalue weighted by Crippen LogP contribution is 2.34. The third-order valence-electron chi connectivity index (χ3n) is 5.53. The summed E-state index contributed by atoms with van der Waals surface area (Å²) in [6.45, 7) is 0.426. The number of nitrogens with one attached hydrogen (secondary N) is 1. The van der Waals surface area contributed by atoms with E-state index in [4.69, 9.17) is 16.2 Å². The summed E-state index contributed by atoms with van der Waals surface area (Å²) >= 11 is 0.684. The lowest BCUT2D eigenvalue weighted by molar-refractivity contribution is -0.122. The highest BCUT2D eigenvalue weighted by atomic mass is 32.1. The van der Waals surface area contributed by atoms with Gasteiger partial charge in [-0.25, -0.2) is 4.39 Å². The van der Waals surface area contributed by atoms with Gasteiger partial charge in [-0.1, -0.05) is 12.1 Å². The van der Waals surface area contributed by atoms with Crippen LogP contribution in [0.1, 0.15) is 31.8 Å². The van der Waals surface area contributed by atoms with Gasteiger partial charge in [-0.3, -0.25) is 24.3 Å². The van der Waals surface area contributed by atoms with Crippen molar-refractivity contribution in [1.29, 1.82) is 0 Å². The van der Waals surface area contributed by atoms with Gasteiger partial charge in [0, 0.05) is 30.9 Å². The molecule has 0 aliphatic heterocycles. The van der Waals surface area contributed by atoms with E-state index in [1.807, 2.05) is 6.07 Å². The lowest BCUT2D eigenvalue weighted by Crippen LogP contribution is -2.44. The third kappa shape index (κ3) is 5.39. The van der Waals surface area contributed by atoms with Crippen LogP contribution in [0.5, 0.6) is 0 Å². The number of methoxy groups -OCH3 is 1. The number of pyridine rings is 1. The van der Waals surface area contributed by atoms with Gasteiger partial charge in [0.2, 0.25) is 5.91 Å². The molecule has 4 rings (SSSR count). The predicted molar refractivity (Wildman–Crippen MR) is 138 cm³/mol. The van der Waals surface area contributed by atoms with E-state index < -0.39 is 29.6 Å². The maximum atomic E-state index is 14.0. The SMILES string of the molecule is COCCNC(=O)[C@@H](c1ccc2ncccc2c1)N(C(=O)c1snc(C(N)=O)c1N)c1ccc(F)cc1. The van der Waals surface area contributed by atoms with E-state index in [-0.39, 0.29) is 35.1 Å². The average Bonchev–Trinajstić information content (AvgIpc) is 3.29. The number of fused-ring (bicyclic) bond motifs is 1. The lowest BCUT2D eigenvalue weighted by atomic mass is 10.00. The normalized spacial score (nSPS) is 11.7. The smallest absolute Gasteiger partial charge is 0.273 e. The minimum atomic E-state index is -1.21. The van der Waals surface area contributed by atoms with Gasteiger partial charge in [0.25, 0.3) is 11.8 Å². The molecule has 10 nitrogen and oxygen atoms in total. The Morgan fingerprint density at radius 2 is 1.92 bits per heavy atom. The fourth-order valence-electron chi connectivity index (χ4n) is 3.78. The number of anilines is 2. The molecule has 2 heterocycles. The third-order valence-corrected chi connectivity index (χ3v) is 6.38. The number of halogens is 1. The van der Waals surface area contributed by atoms with E-state index in [0.717, 1.165) is 5.39 Å². The molecule has 0 saturated carbocycles. The van der Waals surface area contributed by atoms with E-state index >= 15 is 0 Å². The Bertz CT molecular complexity index is 1460. The Balaban J connectivity index is 1.89. The van der Waals surface area contributed by atoms with E-state index in [1.54, 1.807) is 30.5 Å². The number of benzene rings is 2. The number of nitrogens with zero attached hydrogens (tertiary/aromatic N) is 3. The highest BCUT2D eigenvalue weighted by Gasteiger charge is 2.36. The second-order valence-corrected chi connectivity index (χ2v) is 8.71. The molecule has 1 atom stereocenters. The van der Waals surface area contributed by atoms with Crippen molar-refractivity contribution < 1.29 is 23.5 Å². The summed E-state index contributed by atoms with van der Waals surface area (Å²) in [6, 6.07) is 12.6. The Labute approximate surface area is 215 Å². The van der Waals surface area contributed by atoms with Crippen molar-refractivity contribution in [3.05, 3.63) is 82.7 Å². The summed E-state index contributed by atoms with van der Waals surface area (Å²) in [6.07, 6.45) is 1.65. The van der Waals surface area contributed by atoms with Crippen LogP contribution < -0.4 is 21.7 Å². The molecule has 2 aromatic heterocycles. The molecule has 2 aromatic carbocycles. The van der Waals surface area contributed by atoms with E-state index in [2.05, 4.69) is 14.7 Å². The molecule has 0 spiro atoms. The molecule has 5 N–H and O–H groups in total. The predicted octanol–water partition coefficient (Wildman–Crippen LogP) is 2.66. The second-order valence-electron chi connectivity index (χ2n) is 7.93. The number of nitrogens with two attached hydrogens (primary N) is 2. The van der Waals surface area contributed by atoms with Crippen LogP contribution >= 0.6 is 11.5 Å². The van der Waals surface area contributed by atoms with Gasteiger partial charge < -0.3 is 21.5 Å². The number of rotatable bonds is 9. The van der Waals surface area contributed by atoms with Gasteiger partial charge in [0.15, 0.2) is 5.69 Å². The Morgan fingerprint density at radius 3 is 2.59 bits per heavy atom. The van der Waals surface area contributed by atoms with Crippen LogP contribution in [-0.2, 0) is 9.53 Å². The lowest BCUT2D eigenvalue weighted by Gasteiger charge is -2.31. The molecular formula is C25H23FN6O4S. The fourth-order valence-corrected chi connectivity index (χ4v) is 4.52. The maximum absolute atomic E-state index is 14.0. The van der Waals surface area contributed by atoms with Gasteiger partial charge >= 0.3 is 0 Å². The summed E-state index contributed by atoms with van der Waals surface area (Å²) in [4.78, 5) is 44.7. The number of carbonyl (C=O) groups excluding carboxylic acids is 3. The van der Waals surface area contributed by atoms with Crippen LogP contribution in [0.2, 0.25) is 0 Å². The number of nitrogen functional groups attached to an aromatic ring is 1. The van der Waals surface area contributed by atoms with Crippen molar-refractivity contribution in [3.8, 4) is 0 Å².